The van der Waals surface area contributed by atoms with Gasteiger partial charge in [0.1, 0.15) is 23.3 Å². The normalized spacial score (nSPS) is 15.1. The van der Waals surface area contributed by atoms with Crippen LogP contribution < -0.4 is 10.6 Å². The standard InChI is InChI=1S/C30H28F3N11/c1-28(2,3)16-37-25-18(13-35)14-36-24-17(12-34)10-19(11-21(24)25)38-26(20-6-5-7-22-27(20)43(4)41-39-22)23-15-44(42-40-23)29(8-9-29)30(31,32)33/h5-7,10-11,14-15,26,38H,8-9,16H2,1-4H3,(H,36,37)/t26-/m0/s1. The summed E-state index contributed by atoms with van der Waals surface area (Å²) in [7, 11) is 1.72. The molecule has 1 saturated carbocycles. The number of nitrogens with zero attached hydrogens (tertiary/aromatic N) is 9. The fourth-order valence-corrected chi connectivity index (χ4v) is 5.33. The van der Waals surface area contributed by atoms with E-state index in [9.17, 15) is 23.7 Å². The van der Waals surface area contributed by atoms with E-state index in [1.54, 1.807) is 36.0 Å². The van der Waals surface area contributed by atoms with Crippen LogP contribution in [0.15, 0.2) is 42.7 Å². The van der Waals surface area contributed by atoms with Gasteiger partial charge in [-0.2, -0.15) is 23.7 Å². The Kier molecular flexibility index (Phi) is 6.68. The minimum absolute atomic E-state index is 0.0760. The summed E-state index contributed by atoms with van der Waals surface area (Å²) in [5.41, 5.74) is 1.92. The maximum Gasteiger partial charge on any atom is 0.413 e. The zero-order valence-electron chi connectivity index (χ0n) is 24.4. The second kappa shape index (κ2) is 10.2. The van der Waals surface area contributed by atoms with Gasteiger partial charge in [0.05, 0.1) is 40.1 Å². The number of aryl methyl sites for hydroxylation is 1. The van der Waals surface area contributed by atoms with Crippen molar-refractivity contribution in [2.75, 3.05) is 17.2 Å². The molecule has 6 rings (SSSR count). The molecular formula is C30H28F3N11. The fraction of sp³-hybridized carbons (Fsp3) is 0.367. The summed E-state index contributed by atoms with van der Waals surface area (Å²) in [5, 5.41) is 43.7. The molecular weight excluding hydrogens is 571 g/mol. The first-order chi connectivity index (χ1) is 20.8. The first kappa shape index (κ1) is 28.9. The third-order valence-electron chi connectivity index (χ3n) is 7.78. The van der Waals surface area contributed by atoms with Crippen molar-refractivity contribution in [2.24, 2.45) is 12.5 Å². The molecule has 3 heterocycles. The average Bonchev–Trinajstić information content (AvgIpc) is 3.52. The van der Waals surface area contributed by atoms with Crippen molar-refractivity contribution in [3.8, 4) is 12.1 Å². The van der Waals surface area contributed by atoms with Crippen molar-refractivity contribution in [1.29, 1.82) is 10.5 Å². The Labute approximate surface area is 250 Å². The molecule has 224 valence electrons. The number of pyridine rings is 1. The molecule has 1 aliphatic carbocycles. The van der Waals surface area contributed by atoms with E-state index in [0.29, 0.717) is 51.0 Å². The van der Waals surface area contributed by atoms with Crippen LogP contribution in [-0.4, -0.2) is 47.7 Å². The number of nitrogens with one attached hydrogen (secondary N) is 2. The first-order valence-electron chi connectivity index (χ1n) is 13.9. The van der Waals surface area contributed by atoms with Crippen LogP contribution in [0, 0.1) is 28.1 Å². The van der Waals surface area contributed by atoms with E-state index in [1.807, 2.05) is 6.07 Å². The van der Waals surface area contributed by atoms with E-state index in [-0.39, 0.29) is 29.5 Å². The van der Waals surface area contributed by atoms with Gasteiger partial charge in [-0.15, -0.1) is 10.2 Å². The van der Waals surface area contributed by atoms with Gasteiger partial charge in [0.15, 0.2) is 5.54 Å². The average molecular weight is 600 g/mol. The van der Waals surface area contributed by atoms with Crippen LogP contribution in [-0.2, 0) is 12.6 Å². The van der Waals surface area contributed by atoms with Crippen molar-refractivity contribution in [2.45, 2.75) is 51.4 Å². The number of hydrogen-bond donors (Lipinski definition) is 2. The van der Waals surface area contributed by atoms with Gasteiger partial charge in [-0.1, -0.05) is 43.3 Å². The molecule has 1 atom stereocenters. The summed E-state index contributed by atoms with van der Waals surface area (Å²) in [5.74, 6) is 0. The Morgan fingerprint density at radius 1 is 1.05 bits per heavy atom. The number of fused-ring (bicyclic) bond motifs is 2. The zero-order chi connectivity index (χ0) is 31.4. The number of halogens is 3. The third-order valence-corrected chi connectivity index (χ3v) is 7.78. The van der Waals surface area contributed by atoms with Gasteiger partial charge in [-0.3, -0.25) is 4.98 Å². The number of rotatable bonds is 7. The van der Waals surface area contributed by atoms with E-state index >= 15 is 0 Å². The number of para-hydroxylation sites is 1. The number of alkyl halides is 3. The number of benzene rings is 2. The number of aromatic nitrogens is 7. The molecule has 2 N–H and O–H groups in total. The Morgan fingerprint density at radius 3 is 2.45 bits per heavy atom. The molecule has 5 aromatic rings. The van der Waals surface area contributed by atoms with E-state index in [0.717, 1.165) is 4.68 Å². The highest BCUT2D eigenvalue weighted by Gasteiger charge is 2.66. The molecule has 14 heteroatoms. The van der Waals surface area contributed by atoms with Gasteiger partial charge in [0.25, 0.3) is 0 Å². The summed E-state index contributed by atoms with van der Waals surface area (Å²) in [4.78, 5) is 4.41. The second-order valence-corrected chi connectivity index (χ2v) is 12.2. The van der Waals surface area contributed by atoms with Crippen LogP contribution in [0.3, 0.4) is 0 Å². The van der Waals surface area contributed by atoms with Crippen LogP contribution in [0.4, 0.5) is 24.5 Å². The lowest BCUT2D eigenvalue weighted by molar-refractivity contribution is -0.182. The molecule has 0 radical (unpaired) electrons. The Balaban J connectivity index is 1.51. The maximum absolute atomic E-state index is 14.0. The van der Waals surface area contributed by atoms with Gasteiger partial charge >= 0.3 is 6.18 Å². The van der Waals surface area contributed by atoms with Crippen LogP contribution >= 0.6 is 0 Å². The number of hydrogen-bond acceptors (Lipinski definition) is 9. The zero-order valence-corrected chi connectivity index (χ0v) is 24.4. The summed E-state index contributed by atoms with van der Waals surface area (Å²) in [6.45, 7) is 6.71. The molecule has 0 spiro atoms. The van der Waals surface area contributed by atoms with Crippen LogP contribution in [0.1, 0.15) is 62.0 Å². The fourth-order valence-electron chi connectivity index (χ4n) is 5.33. The molecule has 44 heavy (non-hydrogen) atoms. The monoisotopic (exact) mass is 599 g/mol. The van der Waals surface area contributed by atoms with Crippen LogP contribution in [0.2, 0.25) is 0 Å². The summed E-state index contributed by atoms with van der Waals surface area (Å²) >= 11 is 0. The Hall–Kier alpha value is -5.24. The quantitative estimate of drug-likeness (QED) is 0.245. The SMILES string of the molecule is Cn1nnc2cccc([C@H](Nc3cc(C#N)c4ncc(C#N)c(NCC(C)(C)C)c4c3)c3cn(C4(C(F)(F)F)CC4)nn3)c21. The Morgan fingerprint density at radius 2 is 1.80 bits per heavy atom. The largest absolute Gasteiger partial charge is 0.413 e. The number of anilines is 2. The number of nitriles is 2. The van der Waals surface area contributed by atoms with E-state index in [1.165, 1.54) is 12.4 Å². The molecule has 0 unspecified atom stereocenters. The highest BCUT2D eigenvalue weighted by molar-refractivity contribution is 5.99. The highest BCUT2D eigenvalue weighted by atomic mass is 19.4. The molecule has 0 aliphatic heterocycles. The molecule has 0 bridgehead atoms. The van der Waals surface area contributed by atoms with E-state index < -0.39 is 17.8 Å². The molecule has 3 aromatic heterocycles. The molecule has 1 aliphatic rings. The van der Waals surface area contributed by atoms with Crippen molar-refractivity contribution in [3.63, 3.8) is 0 Å². The predicted molar refractivity (Wildman–Crippen MR) is 156 cm³/mol. The van der Waals surface area contributed by atoms with Crippen molar-refractivity contribution < 1.29 is 13.2 Å². The minimum atomic E-state index is -4.48. The molecule has 11 nitrogen and oxygen atoms in total. The summed E-state index contributed by atoms with van der Waals surface area (Å²) in [6, 6.07) is 12.3. The first-order valence-corrected chi connectivity index (χ1v) is 13.9. The van der Waals surface area contributed by atoms with Crippen LogP contribution in [0.25, 0.3) is 21.9 Å². The van der Waals surface area contributed by atoms with Crippen LogP contribution in [0.5, 0.6) is 0 Å². The third kappa shape index (κ3) is 4.92. The van der Waals surface area contributed by atoms with Gasteiger partial charge < -0.3 is 10.6 Å². The lowest BCUT2D eigenvalue weighted by Crippen LogP contribution is -2.35. The van der Waals surface area contributed by atoms with E-state index in [2.05, 4.69) is 69.2 Å². The Bertz CT molecular complexity index is 1980. The van der Waals surface area contributed by atoms with Crippen molar-refractivity contribution in [3.05, 3.63) is 65.1 Å². The highest BCUT2D eigenvalue weighted by Crippen LogP contribution is 2.55. The lowest BCUT2D eigenvalue weighted by Gasteiger charge is -2.23. The van der Waals surface area contributed by atoms with Gasteiger partial charge in [0, 0.05) is 36.4 Å². The second-order valence-electron chi connectivity index (χ2n) is 12.2. The van der Waals surface area contributed by atoms with Crippen molar-refractivity contribution in [1.82, 2.24) is 35.0 Å². The summed E-state index contributed by atoms with van der Waals surface area (Å²) in [6.07, 6.45) is -1.87. The summed E-state index contributed by atoms with van der Waals surface area (Å²) < 4.78 is 44.4. The topological polar surface area (TPSA) is 146 Å². The molecule has 1 fully saturated rings. The molecule has 0 saturated heterocycles. The van der Waals surface area contributed by atoms with E-state index in [4.69, 9.17) is 0 Å². The van der Waals surface area contributed by atoms with Gasteiger partial charge in [-0.05, 0) is 36.5 Å². The minimum Gasteiger partial charge on any atom is -0.383 e. The molecule has 2 aromatic carbocycles. The predicted octanol–water partition coefficient (Wildman–Crippen LogP) is 5.56. The van der Waals surface area contributed by atoms with Gasteiger partial charge in [0.2, 0.25) is 0 Å². The smallest absolute Gasteiger partial charge is 0.383 e. The molecule has 0 amide bonds. The maximum atomic E-state index is 14.0. The van der Waals surface area contributed by atoms with Crippen molar-refractivity contribution >= 4 is 33.3 Å². The van der Waals surface area contributed by atoms with Gasteiger partial charge in [-0.25, -0.2) is 9.36 Å². The lowest BCUT2D eigenvalue weighted by atomic mass is 9.96.